The van der Waals surface area contributed by atoms with Gasteiger partial charge < -0.3 is 20.4 Å². The quantitative estimate of drug-likeness (QED) is 0.608. The van der Waals surface area contributed by atoms with Crippen molar-refractivity contribution >= 4 is 21.6 Å². The van der Waals surface area contributed by atoms with E-state index < -0.39 is 5.54 Å². The predicted octanol–water partition coefficient (Wildman–Crippen LogP) is 0.113. The first-order chi connectivity index (χ1) is 9.89. The molecular weight excluding hydrogens is 340 g/mol. The molecule has 7 nitrogen and oxygen atoms in total. The van der Waals surface area contributed by atoms with E-state index in [-0.39, 0.29) is 18.8 Å². The van der Waals surface area contributed by atoms with Crippen LogP contribution >= 0.6 is 15.9 Å². The molecule has 8 heteroatoms. The fraction of sp³-hybridized carbons (Fsp3) is 0.692. The topological polar surface area (TPSA) is 90.6 Å². The van der Waals surface area contributed by atoms with E-state index >= 15 is 0 Å². The van der Waals surface area contributed by atoms with E-state index in [0.29, 0.717) is 29.7 Å². The zero-order chi connectivity index (χ0) is 16.0. The monoisotopic (exact) mass is 362 g/mol. The van der Waals surface area contributed by atoms with Crippen molar-refractivity contribution in [2.75, 3.05) is 39.2 Å². The number of aliphatic hydroxyl groups excluding tert-OH is 2. The molecule has 0 aliphatic rings. The van der Waals surface area contributed by atoms with Crippen molar-refractivity contribution in [3.8, 4) is 0 Å². The van der Waals surface area contributed by atoms with Crippen LogP contribution < -0.4 is 10.9 Å². The molecule has 0 saturated carbocycles. The average molecular weight is 363 g/mol. The number of aliphatic hydroxyl groups is 2. The van der Waals surface area contributed by atoms with E-state index in [0.717, 1.165) is 0 Å². The van der Waals surface area contributed by atoms with E-state index in [4.69, 9.17) is 0 Å². The maximum atomic E-state index is 12.2. The molecule has 0 amide bonds. The van der Waals surface area contributed by atoms with Crippen LogP contribution in [0.15, 0.2) is 15.5 Å². The van der Waals surface area contributed by atoms with Crippen molar-refractivity contribution in [1.82, 2.24) is 14.7 Å². The summed E-state index contributed by atoms with van der Waals surface area (Å²) in [7, 11) is 3.85. The van der Waals surface area contributed by atoms with E-state index in [2.05, 4.69) is 26.3 Å². The zero-order valence-corrected chi connectivity index (χ0v) is 14.2. The molecule has 0 aliphatic carbocycles. The molecule has 1 aromatic heterocycles. The van der Waals surface area contributed by atoms with Crippen LogP contribution in [0.2, 0.25) is 0 Å². The first kappa shape index (κ1) is 18.1. The largest absolute Gasteiger partial charge is 0.394 e. The summed E-state index contributed by atoms with van der Waals surface area (Å²) in [6, 6.07) is 0. The molecule has 0 aromatic carbocycles. The molecular formula is C13H23BrN4O3. The van der Waals surface area contributed by atoms with Crippen LogP contribution in [0.5, 0.6) is 0 Å². The third-order valence-corrected chi connectivity index (χ3v) is 4.19. The third kappa shape index (κ3) is 4.50. The van der Waals surface area contributed by atoms with Crippen molar-refractivity contribution in [2.24, 2.45) is 0 Å². The number of anilines is 1. The Bertz CT molecular complexity index is 506. The molecule has 0 bridgehead atoms. The van der Waals surface area contributed by atoms with Gasteiger partial charge in [-0.1, -0.05) is 6.92 Å². The van der Waals surface area contributed by atoms with Crippen LogP contribution in [0.3, 0.4) is 0 Å². The third-order valence-electron chi connectivity index (χ3n) is 3.43. The van der Waals surface area contributed by atoms with E-state index in [1.165, 1.54) is 10.9 Å². The SMILES string of the molecule is CCC(CO)(CO)Nc1cnn(CCN(C)C)c(=O)c1Br. The molecule has 120 valence electrons. The molecule has 1 rings (SSSR count). The summed E-state index contributed by atoms with van der Waals surface area (Å²) in [5.74, 6) is 0. The van der Waals surface area contributed by atoms with Gasteiger partial charge in [-0.2, -0.15) is 5.10 Å². The Morgan fingerprint density at radius 2 is 2.05 bits per heavy atom. The lowest BCUT2D eigenvalue weighted by molar-refractivity contribution is 0.132. The van der Waals surface area contributed by atoms with Gasteiger partial charge in [-0.05, 0) is 36.4 Å². The minimum absolute atomic E-state index is 0.240. The number of rotatable bonds is 8. The number of nitrogens with one attached hydrogen (secondary N) is 1. The molecule has 1 aromatic rings. The van der Waals surface area contributed by atoms with Gasteiger partial charge in [0, 0.05) is 6.54 Å². The molecule has 0 unspecified atom stereocenters. The van der Waals surface area contributed by atoms with Gasteiger partial charge in [0.25, 0.3) is 5.56 Å². The minimum Gasteiger partial charge on any atom is -0.394 e. The normalized spacial score (nSPS) is 12.0. The van der Waals surface area contributed by atoms with Gasteiger partial charge >= 0.3 is 0 Å². The maximum Gasteiger partial charge on any atom is 0.283 e. The Kier molecular flexibility index (Phi) is 6.79. The number of hydrogen-bond acceptors (Lipinski definition) is 6. The zero-order valence-electron chi connectivity index (χ0n) is 12.6. The Labute approximate surface area is 132 Å². The van der Waals surface area contributed by atoms with Gasteiger partial charge in [0.15, 0.2) is 0 Å². The number of halogens is 1. The second-order valence-corrected chi connectivity index (χ2v) is 6.07. The Morgan fingerprint density at radius 1 is 1.43 bits per heavy atom. The second kappa shape index (κ2) is 7.88. The smallest absolute Gasteiger partial charge is 0.283 e. The highest BCUT2D eigenvalue weighted by Crippen LogP contribution is 2.22. The highest BCUT2D eigenvalue weighted by molar-refractivity contribution is 9.10. The average Bonchev–Trinajstić information content (AvgIpc) is 2.48. The summed E-state index contributed by atoms with van der Waals surface area (Å²) in [6.45, 7) is 2.56. The molecule has 0 spiro atoms. The van der Waals surface area contributed by atoms with E-state index in [1.54, 1.807) is 0 Å². The molecule has 1 heterocycles. The number of aromatic nitrogens is 2. The van der Waals surface area contributed by atoms with Crippen molar-refractivity contribution in [2.45, 2.75) is 25.4 Å². The number of nitrogens with zero attached hydrogens (tertiary/aromatic N) is 3. The Hall–Kier alpha value is -0.960. The van der Waals surface area contributed by atoms with Crippen LogP contribution in [0, 0.1) is 0 Å². The van der Waals surface area contributed by atoms with Crippen LogP contribution in [0.1, 0.15) is 13.3 Å². The Balaban J connectivity index is 3.01. The fourth-order valence-corrected chi connectivity index (χ4v) is 2.14. The summed E-state index contributed by atoms with van der Waals surface area (Å²) in [4.78, 5) is 14.2. The highest BCUT2D eigenvalue weighted by atomic mass is 79.9. The molecule has 3 N–H and O–H groups in total. The van der Waals surface area contributed by atoms with Crippen molar-refractivity contribution in [3.63, 3.8) is 0 Å². The van der Waals surface area contributed by atoms with Crippen molar-refractivity contribution in [3.05, 3.63) is 21.0 Å². The fourth-order valence-electron chi connectivity index (χ4n) is 1.73. The number of likely N-dealkylation sites (N-methyl/N-ethyl adjacent to an activating group) is 1. The minimum atomic E-state index is -0.869. The molecule has 0 fully saturated rings. The highest BCUT2D eigenvalue weighted by Gasteiger charge is 2.27. The predicted molar refractivity (Wildman–Crippen MR) is 85.6 cm³/mol. The summed E-state index contributed by atoms with van der Waals surface area (Å²) in [5, 5.41) is 26.0. The summed E-state index contributed by atoms with van der Waals surface area (Å²) in [5.41, 5.74) is -0.652. The molecule has 0 aliphatic heterocycles. The van der Waals surface area contributed by atoms with E-state index in [9.17, 15) is 15.0 Å². The summed E-state index contributed by atoms with van der Waals surface area (Å²) >= 11 is 3.27. The maximum absolute atomic E-state index is 12.2. The van der Waals surface area contributed by atoms with Gasteiger partial charge in [0.1, 0.15) is 4.47 Å². The second-order valence-electron chi connectivity index (χ2n) is 5.28. The Morgan fingerprint density at radius 3 is 2.52 bits per heavy atom. The van der Waals surface area contributed by atoms with Crippen LogP contribution in [0.4, 0.5) is 5.69 Å². The van der Waals surface area contributed by atoms with E-state index in [1.807, 2.05) is 25.9 Å². The first-order valence-electron chi connectivity index (χ1n) is 6.79. The first-order valence-corrected chi connectivity index (χ1v) is 7.58. The molecule has 0 atom stereocenters. The van der Waals surface area contributed by atoms with Crippen LogP contribution in [-0.4, -0.2) is 64.3 Å². The van der Waals surface area contributed by atoms with Crippen LogP contribution in [-0.2, 0) is 6.54 Å². The lowest BCUT2D eigenvalue weighted by Crippen LogP contribution is -2.45. The van der Waals surface area contributed by atoms with Gasteiger partial charge in [0.05, 0.1) is 37.2 Å². The summed E-state index contributed by atoms with van der Waals surface area (Å²) < 4.78 is 1.72. The lowest BCUT2D eigenvalue weighted by Gasteiger charge is -2.31. The van der Waals surface area contributed by atoms with Gasteiger partial charge in [-0.15, -0.1) is 0 Å². The molecule has 21 heavy (non-hydrogen) atoms. The van der Waals surface area contributed by atoms with Gasteiger partial charge in [-0.3, -0.25) is 4.79 Å². The van der Waals surface area contributed by atoms with Crippen molar-refractivity contribution < 1.29 is 10.2 Å². The number of hydrogen-bond donors (Lipinski definition) is 3. The summed E-state index contributed by atoms with van der Waals surface area (Å²) in [6.07, 6.45) is 2.03. The van der Waals surface area contributed by atoms with Gasteiger partial charge in [0.2, 0.25) is 0 Å². The van der Waals surface area contributed by atoms with Crippen LogP contribution in [0.25, 0.3) is 0 Å². The molecule has 0 saturated heterocycles. The van der Waals surface area contributed by atoms with Crippen molar-refractivity contribution in [1.29, 1.82) is 0 Å². The lowest BCUT2D eigenvalue weighted by atomic mass is 9.98. The van der Waals surface area contributed by atoms with Gasteiger partial charge in [-0.25, -0.2) is 4.68 Å². The standard InChI is InChI=1S/C13H23BrN4O3/c1-4-13(8-19,9-20)16-10-7-15-18(6-5-17(2)3)12(21)11(10)14/h7,16,19-20H,4-6,8-9H2,1-3H3. The molecule has 0 radical (unpaired) electrons.